The van der Waals surface area contributed by atoms with Crippen LogP contribution in [0.5, 0.6) is 5.75 Å². The molecule has 0 radical (unpaired) electrons. The van der Waals surface area contributed by atoms with E-state index < -0.39 is 0 Å². The second-order valence-corrected chi connectivity index (χ2v) is 6.18. The predicted molar refractivity (Wildman–Crippen MR) is 88.4 cm³/mol. The molecular weight excluding hydrogens is 298 g/mol. The Balaban J connectivity index is 1.68. The highest BCUT2D eigenvalue weighted by atomic mass is 32.1. The van der Waals surface area contributed by atoms with E-state index in [4.69, 9.17) is 4.74 Å². The molecule has 0 spiro atoms. The number of ether oxygens (including phenoxy) is 1. The van der Waals surface area contributed by atoms with Crippen LogP contribution in [0.15, 0.2) is 29.6 Å². The molecule has 1 aromatic heterocycles. The van der Waals surface area contributed by atoms with Crippen LogP contribution in [-0.2, 0) is 6.54 Å². The van der Waals surface area contributed by atoms with Gasteiger partial charge < -0.3 is 15.4 Å². The Morgan fingerprint density at radius 1 is 1.32 bits per heavy atom. The van der Waals surface area contributed by atoms with Crippen LogP contribution in [0.3, 0.4) is 0 Å². The number of hydrogen-bond donors (Lipinski definition) is 2. The highest BCUT2D eigenvalue weighted by Crippen LogP contribution is 2.11. The van der Waals surface area contributed by atoms with Crippen LogP contribution in [0, 0.1) is 13.8 Å². The minimum atomic E-state index is -0.215. The van der Waals surface area contributed by atoms with Gasteiger partial charge in [0.15, 0.2) is 0 Å². The molecule has 22 heavy (non-hydrogen) atoms. The minimum Gasteiger partial charge on any atom is -0.491 e. The SMILES string of the molecule is Cc1ccc(OC[C@H](C)NC(=O)NCc2nc(C)cs2)cc1. The summed E-state index contributed by atoms with van der Waals surface area (Å²) < 4.78 is 5.64. The zero-order valence-electron chi connectivity index (χ0n) is 13.1. The number of aromatic nitrogens is 1. The second-order valence-electron chi connectivity index (χ2n) is 5.23. The number of nitrogens with zero attached hydrogens (tertiary/aromatic N) is 1. The van der Waals surface area contributed by atoms with Crippen molar-refractivity contribution in [2.45, 2.75) is 33.4 Å². The summed E-state index contributed by atoms with van der Waals surface area (Å²) in [5.41, 5.74) is 2.16. The van der Waals surface area contributed by atoms with Gasteiger partial charge in [0.05, 0.1) is 12.6 Å². The average molecular weight is 319 g/mol. The third-order valence-electron chi connectivity index (χ3n) is 2.97. The maximum absolute atomic E-state index is 11.8. The number of benzene rings is 1. The molecule has 1 heterocycles. The molecule has 1 atom stereocenters. The summed E-state index contributed by atoms with van der Waals surface area (Å²) in [6.07, 6.45) is 0. The summed E-state index contributed by atoms with van der Waals surface area (Å²) in [5, 5.41) is 8.50. The van der Waals surface area contributed by atoms with Gasteiger partial charge in [-0.25, -0.2) is 9.78 Å². The highest BCUT2D eigenvalue weighted by Gasteiger charge is 2.08. The fourth-order valence-electron chi connectivity index (χ4n) is 1.81. The number of amides is 2. The number of thiazole rings is 1. The second kappa shape index (κ2) is 7.79. The molecule has 2 aromatic rings. The zero-order chi connectivity index (χ0) is 15.9. The molecule has 118 valence electrons. The first-order chi connectivity index (χ1) is 10.5. The Morgan fingerprint density at radius 3 is 2.68 bits per heavy atom. The summed E-state index contributed by atoms with van der Waals surface area (Å²) in [6.45, 7) is 6.73. The molecule has 6 heteroatoms. The van der Waals surface area contributed by atoms with E-state index in [1.54, 1.807) is 11.3 Å². The van der Waals surface area contributed by atoms with Crippen LogP contribution in [0.25, 0.3) is 0 Å². The molecule has 5 nitrogen and oxygen atoms in total. The van der Waals surface area contributed by atoms with Gasteiger partial charge in [-0.3, -0.25) is 0 Å². The van der Waals surface area contributed by atoms with Crippen molar-refractivity contribution in [1.82, 2.24) is 15.6 Å². The molecule has 0 aliphatic carbocycles. The standard InChI is InChI=1S/C16H21N3O2S/c1-11-4-6-14(7-5-11)21-9-12(2)19-16(20)17-8-15-18-13(3)10-22-15/h4-7,10,12H,8-9H2,1-3H3,(H2,17,19,20)/t12-/m0/s1. The van der Waals surface area contributed by atoms with Crippen molar-refractivity contribution in [1.29, 1.82) is 0 Å². The number of nitrogens with one attached hydrogen (secondary N) is 2. The van der Waals surface area contributed by atoms with Crippen molar-refractivity contribution >= 4 is 17.4 Å². The largest absolute Gasteiger partial charge is 0.491 e. The lowest BCUT2D eigenvalue weighted by molar-refractivity contribution is 0.226. The summed E-state index contributed by atoms with van der Waals surface area (Å²) in [4.78, 5) is 16.1. The van der Waals surface area contributed by atoms with Crippen LogP contribution in [0.4, 0.5) is 4.79 Å². The van der Waals surface area contributed by atoms with Gasteiger partial charge in [0, 0.05) is 11.1 Å². The van der Waals surface area contributed by atoms with Crippen LogP contribution in [-0.4, -0.2) is 23.7 Å². The molecule has 1 aromatic carbocycles. The lowest BCUT2D eigenvalue weighted by Gasteiger charge is -2.15. The molecule has 0 aliphatic rings. The number of hydrogen-bond acceptors (Lipinski definition) is 4. The molecular formula is C16H21N3O2S. The topological polar surface area (TPSA) is 63.2 Å². The Hall–Kier alpha value is -2.08. The van der Waals surface area contributed by atoms with Crippen molar-refractivity contribution in [3.63, 3.8) is 0 Å². The lowest BCUT2D eigenvalue weighted by Crippen LogP contribution is -2.42. The van der Waals surface area contributed by atoms with Crippen LogP contribution in [0.1, 0.15) is 23.2 Å². The van der Waals surface area contributed by atoms with Gasteiger partial charge in [-0.1, -0.05) is 17.7 Å². The normalized spacial score (nSPS) is 11.8. The zero-order valence-corrected chi connectivity index (χ0v) is 13.9. The van der Waals surface area contributed by atoms with Gasteiger partial charge in [0.2, 0.25) is 0 Å². The van der Waals surface area contributed by atoms with Crippen molar-refractivity contribution in [2.24, 2.45) is 0 Å². The van der Waals surface area contributed by atoms with E-state index >= 15 is 0 Å². The molecule has 2 amide bonds. The minimum absolute atomic E-state index is 0.0839. The van der Waals surface area contributed by atoms with E-state index in [9.17, 15) is 4.79 Å². The van der Waals surface area contributed by atoms with Crippen LogP contribution >= 0.6 is 11.3 Å². The van der Waals surface area contributed by atoms with E-state index in [2.05, 4.69) is 15.6 Å². The molecule has 0 fully saturated rings. The first-order valence-corrected chi connectivity index (χ1v) is 8.06. The van der Waals surface area contributed by atoms with Gasteiger partial charge in [0.25, 0.3) is 0 Å². The molecule has 0 unspecified atom stereocenters. The van der Waals surface area contributed by atoms with Crippen molar-refractivity contribution in [3.8, 4) is 5.75 Å². The van der Waals surface area contributed by atoms with Crippen molar-refractivity contribution in [3.05, 3.63) is 45.9 Å². The maximum Gasteiger partial charge on any atom is 0.315 e. The quantitative estimate of drug-likeness (QED) is 0.860. The smallest absolute Gasteiger partial charge is 0.315 e. The van der Waals surface area contributed by atoms with Gasteiger partial charge in [-0.05, 0) is 32.9 Å². The Bertz CT molecular complexity index is 610. The highest BCUT2D eigenvalue weighted by molar-refractivity contribution is 7.09. The van der Waals surface area contributed by atoms with Gasteiger partial charge in [-0.15, -0.1) is 11.3 Å². The van der Waals surface area contributed by atoms with E-state index in [1.807, 2.05) is 50.4 Å². The first kappa shape index (κ1) is 16.3. The monoisotopic (exact) mass is 319 g/mol. The summed E-state index contributed by atoms with van der Waals surface area (Å²) in [6, 6.07) is 7.54. The third-order valence-corrected chi connectivity index (χ3v) is 3.93. The Morgan fingerprint density at radius 2 is 2.05 bits per heavy atom. The van der Waals surface area contributed by atoms with E-state index in [1.165, 1.54) is 5.56 Å². The van der Waals surface area contributed by atoms with Crippen molar-refractivity contribution < 1.29 is 9.53 Å². The van der Waals surface area contributed by atoms with Crippen LogP contribution in [0.2, 0.25) is 0 Å². The molecule has 0 aliphatic heterocycles. The first-order valence-electron chi connectivity index (χ1n) is 7.18. The Labute approximate surface area is 134 Å². The number of rotatable bonds is 6. The number of urea groups is 1. The average Bonchev–Trinajstić information content (AvgIpc) is 2.90. The molecule has 0 saturated carbocycles. The molecule has 2 N–H and O–H groups in total. The fraction of sp³-hybridized carbons (Fsp3) is 0.375. The van der Waals surface area contributed by atoms with E-state index in [0.717, 1.165) is 16.5 Å². The maximum atomic E-state index is 11.8. The fourth-order valence-corrected chi connectivity index (χ4v) is 2.52. The summed E-state index contributed by atoms with van der Waals surface area (Å²) >= 11 is 1.54. The molecule has 2 rings (SSSR count). The van der Waals surface area contributed by atoms with Gasteiger partial charge >= 0.3 is 6.03 Å². The summed E-state index contributed by atoms with van der Waals surface area (Å²) in [5.74, 6) is 0.804. The Kier molecular flexibility index (Phi) is 5.77. The number of aryl methyl sites for hydroxylation is 2. The predicted octanol–water partition coefficient (Wildman–Crippen LogP) is 3.03. The molecule has 0 saturated heterocycles. The van der Waals surface area contributed by atoms with Crippen LogP contribution < -0.4 is 15.4 Å². The van der Waals surface area contributed by atoms with Crippen molar-refractivity contribution in [2.75, 3.05) is 6.61 Å². The van der Waals surface area contributed by atoms with E-state index in [0.29, 0.717) is 13.2 Å². The van der Waals surface area contributed by atoms with E-state index in [-0.39, 0.29) is 12.1 Å². The number of carbonyl (C=O) groups excluding carboxylic acids is 1. The lowest BCUT2D eigenvalue weighted by atomic mass is 10.2. The van der Waals surface area contributed by atoms with Gasteiger partial charge in [0.1, 0.15) is 17.4 Å². The van der Waals surface area contributed by atoms with Gasteiger partial charge in [-0.2, -0.15) is 0 Å². The third kappa shape index (κ3) is 5.37. The number of carbonyl (C=O) groups is 1. The molecule has 0 bridgehead atoms. The summed E-state index contributed by atoms with van der Waals surface area (Å²) in [7, 11) is 0.